The Labute approximate surface area is 464 Å². The molecule has 3 aromatic rings. The number of phenolic OH excluding ortho intramolecular Hbond substituents is 3. The van der Waals surface area contributed by atoms with E-state index in [1.165, 1.54) is 56.5 Å². The van der Waals surface area contributed by atoms with Gasteiger partial charge in [0.2, 0.25) is 29.4 Å². The minimum Gasteiger partial charge on any atom is -0.508 e. The van der Waals surface area contributed by atoms with Crippen molar-refractivity contribution in [2.75, 3.05) is 46.6 Å². The van der Waals surface area contributed by atoms with Gasteiger partial charge < -0.3 is 93.1 Å². The zero-order chi connectivity index (χ0) is 59.6. The predicted octanol–water partition coefficient (Wildman–Crippen LogP) is -2.20. The zero-order valence-corrected chi connectivity index (χ0v) is 45.0. The van der Waals surface area contributed by atoms with Crippen molar-refractivity contribution < 1.29 is 93.4 Å². The fourth-order valence-corrected chi connectivity index (χ4v) is 10.1. The van der Waals surface area contributed by atoms with Crippen LogP contribution in [-0.4, -0.2) is 182 Å². The number of hydrogen-bond donors (Lipinski definition) is 15. The number of carboxylic acid groups (broad SMARTS) is 1. The van der Waals surface area contributed by atoms with Crippen LogP contribution in [0.1, 0.15) is 101 Å². The summed E-state index contributed by atoms with van der Waals surface area (Å²) in [6, 6.07) is 4.55. The van der Waals surface area contributed by atoms with Gasteiger partial charge >= 0.3 is 5.97 Å². The van der Waals surface area contributed by atoms with E-state index in [9.17, 15) is 79.2 Å². The van der Waals surface area contributed by atoms with Crippen LogP contribution >= 0.6 is 0 Å². The number of methoxy groups -OCH3 is 1. The summed E-state index contributed by atoms with van der Waals surface area (Å²) in [6.07, 6.45) is -5.07. The van der Waals surface area contributed by atoms with Crippen LogP contribution in [0.4, 0.5) is 0 Å². The number of carbonyl (C=O) groups is 8. The molecule has 4 unspecified atom stereocenters. The van der Waals surface area contributed by atoms with Crippen LogP contribution in [0.5, 0.6) is 23.0 Å². The maximum absolute atomic E-state index is 14.1. The summed E-state index contributed by atoms with van der Waals surface area (Å²) in [5, 5.41) is 99.4. The number of nitrogens with zero attached hydrogens (tertiary/aromatic N) is 1. The topological polar surface area (TPSA) is 451 Å². The molecule has 3 aliphatic rings. The van der Waals surface area contributed by atoms with Gasteiger partial charge in [-0.15, -0.1) is 0 Å². The summed E-state index contributed by atoms with van der Waals surface area (Å²) in [5.41, 5.74) is 7.00. The van der Waals surface area contributed by atoms with E-state index in [4.69, 9.17) is 25.7 Å². The zero-order valence-electron chi connectivity index (χ0n) is 45.0. The number of Topliss-reactive ketones (excluding diaryl/α,β-unsaturated/α-hetero) is 1. The van der Waals surface area contributed by atoms with Gasteiger partial charge in [-0.25, -0.2) is 4.79 Å². The number of amides is 4. The number of phenols is 3. The number of aliphatic hydroxyl groups excluding tert-OH is 3. The second-order valence-corrected chi connectivity index (χ2v) is 20.4. The molecule has 440 valence electrons. The van der Waals surface area contributed by atoms with E-state index >= 15 is 0 Å². The van der Waals surface area contributed by atoms with Gasteiger partial charge in [0, 0.05) is 60.9 Å². The SMILES string of the molecule is CC[C@H](C)[C@H](NC(=O)CNC(=O)[C@H](CO)NC(=O)[C@H](CCCN=C(N)N)NCC1COC(O[C@H]2C[C@](O)(C(=O)CO)Cc3c(O)c4c(c(O)c32)C(=O)c2c(OC)cccc2C4=O)C(C)C1O)C(=O)N[C@@H](Cc1ccc(O)cc1)C(=O)O. The lowest BCUT2D eigenvalue weighted by Crippen LogP contribution is -2.58. The number of fused-ring (bicyclic) bond motifs is 3. The Morgan fingerprint density at radius 3 is 2.20 bits per heavy atom. The van der Waals surface area contributed by atoms with Gasteiger partial charge in [-0.1, -0.05) is 51.5 Å². The molecular formula is C54H70N8O19. The monoisotopic (exact) mass is 1130 g/mol. The first kappa shape index (κ1) is 62.4. The van der Waals surface area contributed by atoms with Crippen LogP contribution < -0.4 is 42.8 Å². The van der Waals surface area contributed by atoms with Gasteiger partial charge in [0.15, 0.2) is 23.8 Å². The fourth-order valence-electron chi connectivity index (χ4n) is 10.1. The number of aliphatic carboxylic acids is 1. The van der Waals surface area contributed by atoms with Crippen LogP contribution in [-0.2, 0) is 51.1 Å². The van der Waals surface area contributed by atoms with E-state index in [1.807, 2.05) is 0 Å². The third-order valence-corrected chi connectivity index (χ3v) is 14.9. The smallest absolute Gasteiger partial charge is 0.326 e. The average molecular weight is 1140 g/mol. The Morgan fingerprint density at radius 1 is 0.889 bits per heavy atom. The molecule has 0 spiro atoms. The summed E-state index contributed by atoms with van der Waals surface area (Å²) >= 11 is 0. The number of carbonyl (C=O) groups excluding carboxylic acids is 7. The number of aliphatic hydroxyl groups is 4. The molecule has 1 aliphatic heterocycles. The van der Waals surface area contributed by atoms with Crippen molar-refractivity contribution in [1.82, 2.24) is 26.6 Å². The molecule has 17 N–H and O–H groups in total. The molecule has 1 saturated heterocycles. The number of nitrogens with two attached hydrogens (primary N) is 2. The minimum atomic E-state index is -2.43. The standard InChI is InChI=1S/C54H70N8O19/c1-5-24(2)42(50(75)60-32(51(76)77)16-26-11-13-28(65)14-12-26)62-37(67)20-59-48(73)33(21-63)61-49(74)31(9-7-15-57-53(55)56)58-19-27-23-80-52(25(3)43(27)68)81-35-18-54(78,36(66)22-64)17-30-39(35)47(72)41-40(45(30)70)44(69)29-8-6-10-34(79-4)38(29)46(41)71/h6,8,10-14,24-25,27,31-33,35,42-43,52,58,63-65,68,70,72,78H,5,7,9,15-23H2,1-4H3,(H,59,73)(H,60,75)(H,61,74)(H,62,67)(H,76,77)(H4,55,56,57)/t24-,25?,27?,31-,32-,33-,35-,42-,43?,52?,54-/m0/s1. The third-order valence-electron chi connectivity index (χ3n) is 14.9. The molecule has 1 heterocycles. The maximum Gasteiger partial charge on any atom is 0.326 e. The highest BCUT2D eigenvalue weighted by atomic mass is 16.7. The molecular weight excluding hydrogens is 1060 g/mol. The normalized spacial score (nSPS) is 22.0. The van der Waals surface area contributed by atoms with Gasteiger partial charge in [0.1, 0.15) is 53.3 Å². The molecule has 0 radical (unpaired) electrons. The van der Waals surface area contributed by atoms with Crippen LogP contribution in [0.2, 0.25) is 0 Å². The number of carboxylic acids is 1. The highest BCUT2D eigenvalue weighted by molar-refractivity contribution is 6.31. The molecule has 6 rings (SSSR count). The largest absolute Gasteiger partial charge is 0.508 e. The molecule has 3 aromatic carbocycles. The molecule has 27 heteroatoms. The molecule has 11 atom stereocenters. The number of aromatic hydroxyl groups is 3. The summed E-state index contributed by atoms with van der Waals surface area (Å²) < 4.78 is 17.7. The van der Waals surface area contributed by atoms with E-state index in [0.717, 1.165) is 0 Å². The lowest BCUT2D eigenvalue weighted by atomic mass is 9.72. The highest BCUT2D eigenvalue weighted by Crippen LogP contribution is 2.53. The summed E-state index contributed by atoms with van der Waals surface area (Å²) in [6.45, 7) is 1.82. The van der Waals surface area contributed by atoms with Gasteiger partial charge in [-0.3, -0.25) is 38.6 Å². The maximum atomic E-state index is 14.1. The van der Waals surface area contributed by atoms with E-state index in [-0.39, 0.29) is 78.7 Å². The number of nitrogens with one attached hydrogen (secondary N) is 5. The summed E-state index contributed by atoms with van der Waals surface area (Å²) in [7, 11) is 1.28. The minimum absolute atomic E-state index is 0.0131. The van der Waals surface area contributed by atoms with Crippen molar-refractivity contribution in [3.05, 3.63) is 81.4 Å². The first-order valence-electron chi connectivity index (χ1n) is 26.2. The lowest BCUT2D eigenvalue weighted by Gasteiger charge is -2.43. The van der Waals surface area contributed by atoms with Crippen molar-refractivity contribution in [2.45, 2.75) is 108 Å². The van der Waals surface area contributed by atoms with Crippen molar-refractivity contribution in [3.8, 4) is 23.0 Å². The Morgan fingerprint density at radius 2 is 1.57 bits per heavy atom. The number of benzene rings is 3. The molecule has 4 amide bonds. The molecule has 1 fully saturated rings. The van der Waals surface area contributed by atoms with Crippen LogP contribution in [0, 0.1) is 17.8 Å². The Balaban J connectivity index is 1.11. The number of aliphatic imine (C=N–C) groups is 1. The van der Waals surface area contributed by atoms with E-state index < -0.39 is 168 Å². The fraction of sp³-hybridized carbons (Fsp3) is 0.500. The first-order valence-corrected chi connectivity index (χ1v) is 26.2. The molecule has 81 heavy (non-hydrogen) atoms. The van der Waals surface area contributed by atoms with Gasteiger partial charge in [-0.2, -0.15) is 0 Å². The first-order chi connectivity index (χ1) is 38.4. The molecule has 27 nitrogen and oxygen atoms in total. The van der Waals surface area contributed by atoms with Crippen LogP contribution in [0.15, 0.2) is 47.5 Å². The molecule has 0 aromatic heterocycles. The van der Waals surface area contributed by atoms with Gasteiger partial charge in [-0.05, 0) is 42.5 Å². The lowest BCUT2D eigenvalue weighted by molar-refractivity contribution is -0.258. The number of ketones is 3. The van der Waals surface area contributed by atoms with Crippen LogP contribution in [0.25, 0.3) is 0 Å². The second kappa shape index (κ2) is 27.1. The molecule has 2 aliphatic carbocycles. The van der Waals surface area contributed by atoms with Crippen molar-refractivity contribution in [1.29, 1.82) is 0 Å². The second-order valence-electron chi connectivity index (χ2n) is 20.4. The predicted molar refractivity (Wildman–Crippen MR) is 284 cm³/mol. The van der Waals surface area contributed by atoms with E-state index in [2.05, 4.69) is 31.6 Å². The van der Waals surface area contributed by atoms with Crippen LogP contribution in [0.3, 0.4) is 0 Å². The van der Waals surface area contributed by atoms with Crippen molar-refractivity contribution in [2.24, 2.45) is 34.2 Å². The van der Waals surface area contributed by atoms with E-state index in [1.54, 1.807) is 13.8 Å². The Bertz CT molecular complexity index is 2900. The Kier molecular flexibility index (Phi) is 20.9. The summed E-state index contributed by atoms with van der Waals surface area (Å²) in [5.74, 6) is -11.7. The summed E-state index contributed by atoms with van der Waals surface area (Å²) in [4.78, 5) is 111. The quantitative estimate of drug-likeness (QED) is 0.0137. The van der Waals surface area contributed by atoms with Gasteiger partial charge in [0.25, 0.3) is 0 Å². The highest BCUT2D eigenvalue weighted by Gasteiger charge is 2.51. The van der Waals surface area contributed by atoms with Gasteiger partial charge in [0.05, 0.1) is 61.8 Å². The number of rotatable bonds is 26. The molecule has 0 saturated carbocycles. The number of ether oxygens (including phenoxy) is 3. The number of hydrogen-bond acceptors (Lipinski definition) is 20. The van der Waals surface area contributed by atoms with Crippen molar-refractivity contribution in [3.63, 3.8) is 0 Å². The molecule has 0 bridgehead atoms. The third kappa shape index (κ3) is 14.2. The average Bonchev–Trinajstić information content (AvgIpc) is 1.97. The Hall–Kier alpha value is -7.79. The van der Waals surface area contributed by atoms with Crippen molar-refractivity contribution >= 4 is 52.9 Å². The number of guanidine groups is 1. The van der Waals surface area contributed by atoms with E-state index in [0.29, 0.717) is 12.0 Å².